The van der Waals surface area contributed by atoms with Gasteiger partial charge in [0.2, 0.25) is 0 Å². The summed E-state index contributed by atoms with van der Waals surface area (Å²) in [6.07, 6.45) is 12.4. The van der Waals surface area contributed by atoms with Crippen LogP contribution in [0.5, 0.6) is 17.2 Å². The summed E-state index contributed by atoms with van der Waals surface area (Å²) in [6.45, 7) is 2.22. The molecule has 5 nitrogen and oxygen atoms in total. The Kier molecular flexibility index (Phi) is 13.5. The van der Waals surface area contributed by atoms with Crippen LogP contribution in [0.25, 0.3) is 0 Å². The first kappa shape index (κ1) is 28.0. The fourth-order valence-corrected chi connectivity index (χ4v) is 4.32. The monoisotopic (exact) mass is 456 g/mol. The largest absolute Gasteiger partial charge is 1.00 e. The van der Waals surface area contributed by atoms with Crippen LogP contribution in [0.2, 0.25) is 0 Å². The van der Waals surface area contributed by atoms with Gasteiger partial charge in [-0.3, -0.25) is 4.55 Å². The summed E-state index contributed by atoms with van der Waals surface area (Å²) in [5, 5.41) is 11.3. The minimum Gasteiger partial charge on any atom is -0.872 e. The Bertz CT molecular complexity index is 866. The minimum atomic E-state index is -4.35. The molecule has 2 rings (SSSR count). The third-order valence-corrected chi connectivity index (χ3v) is 6.14. The zero-order valence-corrected chi connectivity index (χ0v) is 21.6. The molecule has 0 amide bonds. The van der Waals surface area contributed by atoms with Crippen LogP contribution in [0.15, 0.2) is 47.4 Å². The average Bonchev–Trinajstić information content (AvgIpc) is 2.71. The van der Waals surface area contributed by atoms with Crippen molar-refractivity contribution < 1.29 is 52.4 Å². The van der Waals surface area contributed by atoms with Crippen molar-refractivity contribution in [3.05, 3.63) is 48.0 Å². The molecular weight excluding hydrogens is 423 g/mol. The van der Waals surface area contributed by atoms with Crippen molar-refractivity contribution >= 4 is 10.1 Å². The van der Waals surface area contributed by atoms with Crippen LogP contribution in [0.3, 0.4) is 0 Å². The summed E-state index contributed by atoms with van der Waals surface area (Å²) in [5.41, 5.74) is 0.478. The van der Waals surface area contributed by atoms with E-state index in [9.17, 15) is 18.1 Å². The molecule has 2 aromatic rings. The molecule has 0 heterocycles. The van der Waals surface area contributed by atoms with Gasteiger partial charge in [-0.2, -0.15) is 8.42 Å². The third-order valence-electron chi connectivity index (χ3n) is 5.20. The molecule has 1 N–H and O–H groups in total. The molecule has 0 aliphatic rings. The molecule has 166 valence electrons. The molecule has 0 aliphatic heterocycles. The van der Waals surface area contributed by atoms with Crippen molar-refractivity contribution in [2.45, 2.75) is 82.4 Å². The van der Waals surface area contributed by atoms with Gasteiger partial charge in [-0.1, -0.05) is 82.9 Å². The molecule has 0 spiro atoms. The second kappa shape index (κ2) is 14.9. The average molecular weight is 457 g/mol. The molecule has 0 radical (unpaired) electrons. The minimum absolute atomic E-state index is 0. The number of benzene rings is 2. The van der Waals surface area contributed by atoms with Gasteiger partial charge < -0.3 is 9.84 Å². The Morgan fingerprint density at radius 3 is 1.94 bits per heavy atom. The molecule has 7 heteroatoms. The van der Waals surface area contributed by atoms with Gasteiger partial charge in [-0.25, -0.2) is 0 Å². The quantitative estimate of drug-likeness (QED) is 0.268. The Balaban J connectivity index is 0.00000480. The van der Waals surface area contributed by atoms with Gasteiger partial charge in [0.25, 0.3) is 10.1 Å². The molecule has 0 saturated heterocycles. The van der Waals surface area contributed by atoms with E-state index in [1.165, 1.54) is 63.1 Å². The second-order valence-corrected chi connectivity index (χ2v) is 9.10. The predicted molar refractivity (Wildman–Crippen MR) is 118 cm³/mol. The molecule has 2 aromatic carbocycles. The number of hydrogen-bond acceptors (Lipinski definition) is 4. The van der Waals surface area contributed by atoms with E-state index in [1.54, 1.807) is 24.3 Å². The molecule has 0 aromatic heterocycles. The molecule has 0 bridgehead atoms. The van der Waals surface area contributed by atoms with E-state index in [-0.39, 0.29) is 40.2 Å². The molecule has 31 heavy (non-hydrogen) atoms. The third kappa shape index (κ3) is 10.4. The Morgan fingerprint density at radius 2 is 1.39 bits per heavy atom. The van der Waals surface area contributed by atoms with Crippen LogP contribution in [-0.4, -0.2) is 13.0 Å². The standard InChI is InChI=1S/C24H34O5S.Na/c1-2-3-4-5-6-7-8-9-10-11-13-22-23(14-12-15-24(22)30(26,27)28)29-21-18-16-20(25)17-19-21;/h12,14-19,25H,2-11,13H2,1H3,(H,26,27,28);/q;+1/p-1. The van der Waals surface area contributed by atoms with Gasteiger partial charge in [0, 0.05) is 5.56 Å². The van der Waals surface area contributed by atoms with Gasteiger partial charge in [0.1, 0.15) is 16.4 Å². The normalized spacial score (nSPS) is 11.2. The number of hydrogen-bond donors (Lipinski definition) is 1. The molecule has 0 atom stereocenters. The Morgan fingerprint density at radius 1 is 0.839 bits per heavy atom. The van der Waals surface area contributed by atoms with Crippen LogP contribution in [0.1, 0.15) is 76.7 Å². The van der Waals surface area contributed by atoms with Gasteiger partial charge in [-0.15, -0.1) is 5.75 Å². The van der Waals surface area contributed by atoms with E-state index in [4.69, 9.17) is 4.74 Å². The van der Waals surface area contributed by atoms with Gasteiger partial charge in [0.15, 0.2) is 0 Å². The van der Waals surface area contributed by atoms with Crippen LogP contribution < -0.4 is 39.4 Å². The van der Waals surface area contributed by atoms with E-state index in [0.29, 0.717) is 23.5 Å². The summed E-state index contributed by atoms with van der Waals surface area (Å²) in [6, 6.07) is 10.5. The zero-order chi connectivity index (χ0) is 21.8. The number of unbranched alkanes of at least 4 members (excludes halogenated alkanes) is 9. The zero-order valence-electron chi connectivity index (χ0n) is 18.8. The molecule has 0 unspecified atom stereocenters. The molecule has 0 saturated carbocycles. The number of ether oxygens (including phenoxy) is 1. The number of rotatable bonds is 14. The molecule has 0 fully saturated rings. The summed E-state index contributed by atoms with van der Waals surface area (Å²) < 4.78 is 39.1. The molecule has 0 aliphatic carbocycles. The van der Waals surface area contributed by atoms with E-state index in [0.717, 1.165) is 19.3 Å². The van der Waals surface area contributed by atoms with Crippen molar-refractivity contribution in [2.24, 2.45) is 0 Å². The Hall–Kier alpha value is -1.05. The van der Waals surface area contributed by atoms with E-state index >= 15 is 0 Å². The van der Waals surface area contributed by atoms with Crippen LogP contribution in [-0.2, 0) is 16.5 Å². The van der Waals surface area contributed by atoms with Crippen LogP contribution in [0.4, 0.5) is 0 Å². The van der Waals surface area contributed by atoms with Crippen molar-refractivity contribution in [1.29, 1.82) is 0 Å². The van der Waals surface area contributed by atoms with Gasteiger partial charge >= 0.3 is 29.6 Å². The van der Waals surface area contributed by atoms with Crippen molar-refractivity contribution in [3.8, 4) is 17.2 Å². The molecular formula is C24H33NaO5S. The summed E-state index contributed by atoms with van der Waals surface area (Å²) in [4.78, 5) is -0.114. The maximum absolute atomic E-state index is 11.8. The second-order valence-electron chi connectivity index (χ2n) is 7.71. The fourth-order valence-electron chi connectivity index (χ4n) is 3.55. The first-order chi connectivity index (χ1) is 14.4. The first-order valence-corrected chi connectivity index (χ1v) is 12.4. The summed E-state index contributed by atoms with van der Waals surface area (Å²) in [7, 11) is -4.35. The Labute approximate surface area is 209 Å². The van der Waals surface area contributed by atoms with Crippen molar-refractivity contribution in [3.63, 3.8) is 0 Å². The fraction of sp³-hybridized carbons (Fsp3) is 0.500. The SMILES string of the molecule is CCCCCCCCCCCCc1c(Oc2ccc([O-])cc2)cccc1S(=O)(=O)O.[Na+]. The van der Waals surface area contributed by atoms with E-state index < -0.39 is 10.1 Å². The first-order valence-electron chi connectivity index (χ1n) is 11.0. The van der Waals surface area contributed by atoms with Gasteiger partial charge in [0.05, 0.1) is 0 Å². The summed E-state index contributed by atoms with van der Waals surface area (Å²) in [5.74, 6) is 0.714. The van der Waals surface area contributed by atoms with Crippen molar-refractivity contribution in [2.75, 3.05) is 0 Å². The topological polar surface area (TPSA) is 86.7 Å². The van der Waals surface area contributed by atoms with E-state index in [1.807, 2.05) is 0 Å². The van der Waals surface area contributed by atoms with Gasteiger partial charge in [-0.05, 0) is 37.1 Å². The summed E-state index contributed by atoms with van der Waals surface area (Å²) >= 11 is 0. The predicted octanol–water partition coefficient (Wildman–Crippen LogP) is 3.27. The van der Waals surface area contributed by atoms with Crippen LogP contribution in [0, 0.1) is 0 Å². The van der Waals surface area contributed by atoms with E-state index in [2.05, 4.69) is 6.92 Å². The van der Waals surface area contributed by atoms with Crippen molar-refractivity contribution in [1.82, 2.24) is 0 Å². The maximum Gasteiger partial charge on any atom is 1.00 e. The maximum atomic E-state index is 11.8. The smallest absolute Gasteiger partial charge is 0.872 e. The van der Waals surface area contributed by atoms with Crippen LogP contribution >= 0.6 is 0 Å².